The van der Waals surface area contributed by atoms with Crippen molar-refractivity contribution >= 4 is 0 Å². The fourth-order valence-corrected chi connectivity index (χ4v) is 1.37. The smallest absolute Gasteiger partial charge is 0.433 e. The molecule has 0 atom stereocenters. The van der Waals surface area contributed by atoms with Crippen LogP contribution in [0.3, 0.4) is 0 Å². The summed E-state index contributed by atoms with van der Waals surface area (Å²) in [6.45, 7) is 0.519. The maximum Gasteiger partial charge on any atom is 0.433 e. The van der Waals surface area contributed by atoms with Gasteiger partial charge in [0.1, 0.15) is 11.4 Å². The first-order valence-electron chi connectivity index (χ1n) is 6.08. The van der Waals surface area contributed by atoms with Crippen molar-refractivity contribution < 1.29 is 17.9 Å². The van der Waals surface area contributed by atoms with Crippen LogP contribution in [-0.2, 0) is 12.7 Å². The summed E-state index contributed by atoms with van der Waals surface area (Å²) < 4.78 is 40.9. The maximum atomic E-state index is 12.0. The zero-order valence-electron chi connectivity index (χ0n) is 11.7. The third kappa shape index (κ3) is 6.22. The number of aromatic nitrogens is 2. The van der Waals surface area contributed by atoms with E-state index in [1.807, 2.05) is 12.1 Å². The van der Waals surface area contributed by atoms with E-state index < -0.39 is 11.9 Å². The van der Waals surface area contributed by atoms with Gasteiger partial charge in [0, 0.05) is 18.9 Å². The van der Waals surface area contributed by atoms with Gasteiger partial charge in [-0.05, 0) is 30.8 Å². The lowest BCUT2D eigenvalue weighted by atomic mass is 10.2. The zero-order chi connectivity index (χ0) is 15.7. The molecule has 7 heteroatoms. The number of hydrogen-bond donors (Lipinski definition) is 1. The molecule has 0 radical (unpaired) electrons. The Labute approximate surface area is 121 Å². The molecule has 0 fully saturated rings. The van der Waals surface area contributed by atoms with Crippen molar-refractivity contribution in [2.45, 2.75) is 12.7 Å². The highest BCUT2D eigenvalue weighted by molar-refractivity contribution is 5.16. The topological polar surface area (TPSA) is 47.0 Å². The molecule has 2 rings (SSSR count). The monoisotopic (exact) mass is 299 g/mol. The Bertz CT molecular complexity index is 515. The van der Waals surface area contributed by atoms with E-state index in [1.165, 1.54) is 12.3 Å². The predicted octanol–water partition coefficient (Wildman–Crippen LogP) is 2.91. The first-order chi connectivity index (χ1) is 9.97. The van der Waals surface area contributed by atoms with E-state index in [0.717, 1.165) is 17.4 Å². The average Bonchev–Trinajstić information content (AvgIpc) is 2.49. The normalized spacial score (nSPS) is 10.5. The number of nitrogens with one attached hydrogen (secondary N) is 1. The summed E-state index contributed by atoms with van der Waals surface area (Å²) in [6, 6.07) is 6.07. The van der Waals surface area contributed by atoms with Crippen molar-refractivity contribution in [3.63, 3.8) is 0 Å². The second-order valence-corrected chi connectivity index (χ2v) is 3.97. The van der Waals surface area contributed by atoms with Crippen LogP contribution in [0, 0.1) is 0 Å². The summed E-state index contributed by atoms with van der Waals surface area (Å²) in [5, 5.41) is 2.82. The molecule has 0 amide bonds. The van der Waals surface area contributed by atoms with Crippen LogP contribution >= 0.6 is 0 Å². The molecule has 2 aromatic heterocycles. The van der Waals surface area contributed by atoms with Crippen LogP contribution in [0.5, 0.6) is 5.75 Å². The lowest BCUT2D eigenvalue weighted by molar-refractivity contribution is -0.141. The summed E-state index contributed by atoms with van der Waals surface area (Å²) in [5.74, 6) is 0.799. The molecule has 2 aromatic rings. The van der Waals surface area contributed by atoms with Crippen molar-refractivity contribution in [3.05, 3.63) is 54.1 Å². The molecule has 0 aromatic carbocycles. The molecule has 0 bridgehead atoms. The Hall–Kier alpha value is -2.15. The van der Waals surface area contributed by atoms with Gasteiger partial charge in [-0.25, -0.2) is 0 Å². The van der Waals surface area contributed by atoms with Crippen LogP contribution in [0.4, 0.5) is 13.2 Å². The third-order valence-corrected chi connectivity index (χ3v) is 2.37. The van der Waals surface area contributed by atoms with Gasteiger partial charge in [-0.1, -0.05) is 6.07 Å². The highest BCUT2D eigenvalue weighted by atomic mass is 19.4. The minimum Gasteiger partial charge on any atom is -0.495 e. The lowest BCUT2D eigenvalue weighted by Crippen LogP contribution is -2.10. The molecule has 0 aliphatic carbocycles. The number of nitrogens with zero attached hydrogens (tertiary/aromatic N) is 2. The van der Waals surface area contributed by atoms with Crippen molar-refractivity contribution in [1.82, 2.24) is 15.3 Å². The molecule has 4 nitrogen and oxygen atoms in total. The third-order valence-electron chi connectivity index (χ3n) is 2.37. The van der Waals surface area contributed by atoms with E-state index in [4.69, 9.17) is 4.74 Å². The summed E-state index contributed by atoms with van der Waals surface area (Å²) in [4.78, 5) is 7.13. The van der Waals surface area contributed by atoms with Crippen LogP contribution in [0.2, 0.25) is 0 Å². The first kappa shape index (κ1) is 16.9. The van der Waals surface area contributed by atoms with E-state index in [9.17, 15) is 13.2 Å². The van der Waals surface area contributed by atoms with Gasteiger partial charge < -0.3 is 10.1 Å². The Morgan fingerprint density at radius 3 is 2.33 bits per heavy atom. The Morgan fingerprint density at radius 1 is 1.19 bits per heavy atom. The fourth-order valence-electron chi connectivity index (χ4n) is 1.37. The van der Waals surface area contributed by atoms with Gasteiger partial charge in [-0.2, -0.15) is 13.2 Å². The van der Waals surface area contributed by atoms with Gasteiger partial charge in [0.25, 0.3) is 0 Å². The van der Waals surface area contributed by atoms with E-state index in [0.29, 0.717) is 6.54 Å². The number of halogens is 3. The quantitative estimate of drug-likeness (QED) is 0.946. The van der Waals surface area contributed by atoms with E-state index >= 15 is 0 Å². The molecule has 2 heterocycles. The van der Waals surface area contributed by atoms with Crippen LogP contribution in [0.1, 0.15) is 11.3 Å². The van der Waals surface area contributed by atoms with Gasteiger partial charge in [-0.15, -0.1) is 0 Å². The Kier molecular flexibility index (Phi) is 6.61. The molecule has 114 valence electrons. The standard InChI is InChI=1S/C8H9F3N2.C6H7NO/c1-12-4-6-2-3-7(13-5-6)8(9,10)11;1-8-6-3-2-4-7-5-6/h2-3,5,12H,4H2,1H3;2-5H,1H3. The molecular formula is C14H16F3N3O. The first-order valence-corrected chi connectivity index (χ1v) is 6.08. The number of ether oxygens (including phenoxy) is 1. The molecule has 0 saturated heterocycles. The molecule has 0 spiro atoms. The molecular weight excluding hydrogens is 283 g/mol. The van der Waals surface area contributed by atoms with Crippen molar-refractivity contribution in [2.75, 3.05) is 14.2 Å². The van der Waals surface area contributed by atoms with Crippen molar-refractivity contribution in [3.8, 4) is 5.75 Å². The molecule has 0 aliphatic heterocycles. The van der Waals surface area contributed by atoms with Crippen LogP contribution in [-0.4, -0.2) is 24.1 Å². The molecule has 0 saturated carbocycles. The number of alkyl halides is 3. The Balaban J connectivity index is 0.000000235. The summed E-state index contributed by atoms with van der Waals surface area (Å²) in [6.07, 6.45) is 0.250. The van der Waals surface area contributed by atoms with Gasteiger partial charge in [0.15, 0.2) is 0 Å². The van der Waals surface area contributed by atoms with Gasteiger partial charge in [0.05, 0.1) is 13.3 Å². The summed E-state index contributed by atoms with van der Waals surface area (Å²) in [7, 11) is 3.34. The highest BCUT2D eigenvalue weighted by Gasteiger charge is 2.31. The van der Waals surface area contributed by atoms with Crippen LogP contribution in [0.25, 0.3) is 0 Å². The Morgan fingerprint density at radius 2 is 1.95 bits per heavy atom. The fraction of sp³-hybridized carbons (Fsp3) is 0.286. The van der Waals surface area contributed by atoms with Gasteiger partial charge in [-0.3, -0.25) is 9.97 Å². The minimum atomic E-state index is -4.35. The molecule has 1 N–H and O–H groups in total. The second-order valence-electron chi connectivity index (χ2n) is 3.97. The summed E-state index contributed by atoms with van der Waals surface area (Å²) >= 11 is 0. The maximum absolute atomic E-state index is 12.0. The predicted molar refractivity (Wildman–Crippen MR) is 72.8 cm³/mol. The van der Waals surface area contributed by atoms with E-state index in [2.05, 4.69) is 15.3 Å². The average molecular weight is 299 g/mol. The van der Waals surface area contributed by atoms with E-state index in [-0.39, 0.29) is 0 Å². The second kappa shape index (κ2) is 8.21. The summed E-state index contributed by atoms with van der Waals surface area (Å²) in [5.41, 5.74) is -0.122. The van der Waals surface area contributed by atoms with Crippen LogP contribution < -0.4 is 10.1 Å². The number of methoxy groups -OCH3 is 1. The lowest BCUT2D eigenvalue weighted by Gasteiger charge is -2.05. The van der Waals surface area contributed by atoms with E-state index in [1.54, 1.807) is 26.6 Å². The minimum absolute atomic E-state index is 0.519. The van der Waals surface area contributed by atoms with Gasteiger partial charge in [0.2, 0.25) is 0 Å². The van der Waals surface area contributed by atoms with Gasteiger partial charge >= 0.3 is 6.18 Å². The van der Waals surface area contributed by atoms with Crippen molar-refractivity contribution in [1.29, 1.82) is 0 Å². The highest BCUT2D eigenvalue weighted by Crippen LogP contribution is 2.27. The SMILES string of the molecule is CNCc1ccc(C(F)(F)F)nc1.COc1cccnc1. The zero-order valence-corrected chi connectivity index (χ0v) is 11.7. The largest absolute Gasteiger partial charge is 0.495 e. The number of pyridine rings is 2. The molecule has 0 aliphatic rings. The van der Waals surface area contributed by atoms with Crippen LogP contribution in [0.15, 0.2) is 42.9 Å². The number of hydrogen-bond acceptors (Lipinski definition) is 4. The molecule has 0 unspecified atom stereocenters. The molecule has 21 heavy (non-hydrogen) atoms. The number of rotatable bonds is 3. The van der Waals surface area contributed by atoms with Crippen molar-refractivity contribution in [2.24, 2.45) is 0 Å².